The van der Waals surface area contributed by atoms with Crippen LogP contribution < -0.4 is 5.56 Å². The van der Waals surface area contributed by atoms with E-state index in [0.29, 0.717) is 16.7 Å². The first-order valence-electron chi connectivity index (χ1n) is 7.23. The topological polar surface area (TPSA) is 58.6 Å². The molecule has 2 aromatic heterocycles. The van der Waals surface area contributed by atoms with E-state index in [1.54, 1.807) is 17.4 Å². The second kappa shape index (κ2) is 5.44. The maximum absolute atomic E-state index is 12.2. The van der Waals surface area contributed by atoms with E-state index in [1.807, 2.05) is 54.8 Å². The van der Waals surface area contributed by atoms with Gasteiger partial charge in [0.15, 0.2) is 0 Å². The van der Waals surface area contributed by atoms with Gasteiger partial charge in [0.1, 0.15) is 5.82 Å². The molecule has 0 aliphatic rings. The minimum Gasteiger partial charge on any atom is -0.306 e. The SMILES string of the molecule is Cc1nc(-c2cccc(-c3nc4ccccc4c(=O)[nH]3)c2)cs1. The molecule has 5 heteroatoms. The predicted octanol–water partition coefficient (Wildman–Crippen LogP) is 4.02. The smallest absolute Gasteiger partial charge is 0.259 e. The number of nitrogens with one attached hydrogen (secondary N) is 1. The molecule has 0 aliphatic heterocycles. The molecule has 2 aromatic carbocycles. The van der Waals surface area contributed by atoms with Crippen molar-refractivity contribution in [2.24, 2.45) is 0 Å². The zero-order valence-electron chi connectivity index (χ0n) is 12.4. The van der Waals surface area contributed by atoms with Crippen LogP contribution in [0.4, 0.5) is 0 Å². The third-order valence-electron chi connectivity index (χ3n) is 3.66. The Hall–Kier alpha value is -2.79. The Kier molecular flexibility index (Phi) is 3.28. The van der Waals surface area contributed by atoms with Crippen LogP contribution in [0, 0.1) is 6.92 Å². The van der Waals surface area contributed by atoms with Crippen LogP contribution in [-0.4, -0.2) is 15.0 Å². The molecule has 0 unspecified atom stereocenters. The van der Waals surface area contributed by atoms with Gasteiger partial charge in [-0.1, -0.05) is 30.3 Å². The minimum atomic E-state index is -0.125. The first-order valence-corrected chi connectivity index (χ1v) is 8.11. The Morgan fingerprint density at radius 3 is 2.65 bits per heavy atom. The van der Waals surface area contributed by atoms with Gasteiger partial charge in [-0.05, 0) is 25.1 Å². The van der Waals surface area contributed by atoms with Gasteiger partial charge in [-0.2, -0.15) is 0 Å². The van der Waals surface area contributed by atoms with Crippen molar-refractivity contribution in [2.75, 3.05) is 0 Å². The fourth-order valence-electron chi connectivity index (χ4n) is 2.54. The number of aromatic nitrogens is 3. The van der Waals surface area contributed by atoms with Gasteiger partial charge in [-0.15, -0.1) is 11.3 Å². The lowest BCUT2D eigenvalue weighted by atomic mass is 10.1. The number of hydrogen-bond acceptors (Lipinski definition) is 4. The normalized spacial score (nSPS) is 11.0. The molecule has 0 bridgehead atoms. The monoisotopic (exact) mass is 319 g/mol. The second-order valence-corrected chi connectivity index (χ2v) is 6.33. The van der Waals surface area contributed by atoms with E-state index in [-0.39, 0.29) is 5.56 Å². The summed E-state index contributed by atoms with van der Waals surface area (Å²) in [6.45, 7) is 1.99. The Labute approximate surface area is 136 Å². The molecule has 1 N–H and O–H groups in total. The average Bonchev–Trinajstić information content (AvgIpc) is 3.01. The van der Waals surface area contributed by atoms with E-state index >= 15 is 0 Å². The van der Waals surface area contributed by atoms with Gasteiger partial charge in [0.25, 0.3) is 5.56 Å². The highest BCUT2D eigenvalue weighted by Gasteiger charge is 2.08. The molecule has 0 radical (unpaired) electrons. The quantitative estimate of drug-likeness (QED) is 0.607. The van der Waals surface area contributed by atoms with Crippen LogP contribution in [-0.2, 0) is 0 Å². The van der Waals surface area contributed by atoms with E-state index in [4.69, 9.17) is 0 Å². The number of hydrogen-bond donors (Lipinski definition) is 1. The van der Waals surface area contributed by atoms with Gasteiger partial charge in [0.05, 0.1) is 21.6 Å². The van der Waals surface area contributed by atoms with Crippen molar-refractivity contribution in [1.29, 1.82) is 0 Å². The molecule has 4 rings (SSSR count). The molecule has 0 spiro atoms. The van der Waals surface area contributed by atoms with Crippen molar-refractivity contribution in [3.63, 3.8) is 0 Å². The summed E-state index contributed by atoms with van der Waals surface area (Å²) in [5.41, 5.74) is 3.40. The number of H-pyrrole nitrogens is 1. The average molecular weight is 319 g/mol. The molecule has 0 saturated carbocycles. The molecule has 0 fully saturated rings. The fourth-order valence-corrected chi connectivity index (χ4v) is 3.17. The zero-order chi connectivity index (χ0) is 15.8. The zero-order valence-corrected chi connectivity index (χ0v) is 13.2. The highest BCUT2D eigenvalue weighted by Crippen LogP contribution is 2.25. The van der Waals surface area contributed by atoms with Gasteiger partial charge in [0.2, 0.25) is 0 Å². The first kappa shape index (κ1) is 13.8. The molecule has 0 amide bonds. The van der Waals surface area contributed by atoms with Crippen molar-refractivity contribution in [3.8, 4) is 22.6 Å². The van der Waals surface area contributed by atoms with Crippen LogP contribution >= 0.6 is 11.3 Å². The molecule has 0 atom stereocenters. The van der Waals surface area contributed by atoms with E-state index in [0.717, 1.165) is 21.8 Å². The second-order valence-electron chi connectivity index (χ2n) is 5.26. The number of nitrogens with zero attached hydrogens (tertiary/aromatic N) is 2. The minimum absolute atomic E-state index is 0.125. The Balaban J connectivity index is 1.86. The first-order chi connectivity index (χ1) is 11.2. The maximum atomic E-state index is 12.2. The van der Waals surface area contributed by atoms with Gasteiger partial charge in [-0.3, -0.25) is 4.79 Å². The summed E-state index contributed by atoms with van der Waals surface area (Å²) >= 11 is 1.62. The van der Waals surface area contributed by atoms with E-state index in [2.05, 4.69) is 15.0 Å². The number of aromatic amines is 1. The van der Waals surface area contributed by atoms with Crippen LogP contribution in [0.5, 0.6) is 0 Å². The van der Waals surface area contributed by atoms with Gasteiger partial charge in [-0.25, -0.2) is 9.97 Å². The maximum Gasteiger partial charge on any atom is 0.259 e. The summed E-state index contributed by atoms with van der Waals surface area (Å²) in [5, 5.41) is 3.66. The molecule has 2 heterocycles. The molecule has 0 aliphatic carbocycles. The lowest BCUT2D eigenvalue weighted by Gasteiger charge is -2.05. The lowest BCUT2D eigenvalue weighted by molar-refractivity contribution is 1.18. The van der Waals surface area contributed by atoms with Crippen LogP contribution in [0.25, 0.3) is 33.5 Å². The van der Waals surface area contributed by atoms with Crippen molar-refractivity contribution >= 4 is 22.2 Å². The number of benzene rings is 2. The van der Waals surface area contributed by atoms with Gasteiger partial charge in [0, 0.05) is 16.5 Å². The number of aryl methyl sites for hydroxylation is 1. The largest absolute Gasteiger partial charge is 0.306 e. The lowest BCUT2D eigenvalue weighted by Crippen LogP contribution is -2.09. The summed E-state index contributed by atoms with van der Waals surface area (Å²) in [4.78, 5) is 24.2. The number of thiazole rings is 1. The highest BCUT2D eigenvalue weighted by molar-refractivity contribution is 7.09. The van der Waals surface area contributed by atoms with Crippen LogP contribution in [0.1, 0.15) is 5.01 Å². The van der Waals surface area contributed by atoms with Crippen LogP contribution in [0.15, 0.2) is 58.7 Å². The summed E-state index contributed by atoms with van der Waals surface area (Å²) < 4.78 is 0. The molecule has 4 aromatic rings. The number of para-hydroxylation sites is 1. The molecular weight excluding hydrogens is 306 g/mol. The molecule has 0 saturated heterocycles. The van der Waals surface area contributed by atoms with Crippen molar-refractivity contribution < 1.29 is 0 Å². The Bertz CT molecular complexity index is 1070. The summed E-state index contributed by atoms with van der Waals surface area (Å²) in [6.07, 6.45) is 0. The fraction of sp³-hybridized carbons (Fsp3) is 0.0556. The van der Waals surface area contributed by atoms with Crippen molar-refractivity contribution in [3.05, 3.63) is 69.3 Å². The highest BCUT2D eigenvalue weighted by atomic mass is 32.1. The van der Waals surface area contributed by atoms with E-state index in [1.165, 1.54) is 0 Å². The summed E-state index contributed by atoms with van der Waals surface area (Å²) in [6, 6.07) is 15.3. The third-order valence-corrected chi connectivity index (χ3v) is 4.44. The van der Waals surface area contributed by atoms with E-state index in [9.17, 15) is 4.79 Å². The third kappa shape index (κ3) is 2.55. The molecular formula is C18H13N3OS. The molecule has 23 heavy (non-hydrogen) atoms. The van der Waals surface area contributed by atoms with E-state index < -0.39 is 0 Å². The van der Waals surface area contributed by atoms with Crippen LogP contribution in [0.3, 0.4) is 0 Å². The number of fused-ring (bicyclic) bond motifs is 1. The molecule has 4 nitrogen and oxygen atoms in total. The standard InChI is InChI=1S/C18H13N3OS/c1-11-19-16(10-23-11)12-5-4-6-13(9-12)17-20-15-8-3-2-7-14(15)18(22)21-17/h2-10H,1H3,(H,20,21,22). The van der Waals surface area contributed by atoms with Crippen LogP contribution in [0.2, 0.25) is 0 Å². The Morgan fingerprint density at radius 1 is 1.00 bits per heavy atom. The predicted molar refractivity (Wildman–Crippen MR) is 93.6 cm³/mol. The van der Waals surface area contributed by atoms with Crippen molar-refractivity contribution in [1.82, 2.24) is 15.0 Å². The van der Waals surface area contributed by atoms with Crippen molar-refractivity contribution in [2.45, 2.75) is 6.92 Å². The number of rotatable bonds is 2. The van der Waals surface area contributed by atoms with Gasteiger partial charge >= 0.3 is 0 Å². The van der Waals surface area contributed by atoms with Gasteiger partial charge < -0.3 is 4.98 Å². The molecule has 112 valence electrons. The summed E-state index contributed by atoms with van der Waals surface area (Å²) in [7, 11) is 0. The summed E-state index contributed by atoms with van der Waals surface area (Å²) in [5.74, 6) is 0.572. The Morgan fingerprint density at radius 2 is 1.83 bits per heavy atom.